The average Bonchev–Trinajstić information content (AvgIpc) is 3.34. The van der Waals surface area contributed by atoms with Gasteiger partial charge in [0.15, 0.2) is 18.7 Å². The van der Waals surface area contributed by atoms with Crippen molar-refractivity contribution >= 4 is 11.9 Å². The van der Waals surface area contributed by atoms with E-state index in [2.05, 4.69) is 50.3 Å². The van der Waals surface area contributed by atoms with Crippen molar-refractivity contribution in [3.05, 3.63) is 36.5 Å². The molecule has 0 aliphatic carbocycles. The number of carbonyl (C=O) groups excluding carboxylic acids is 2. The molecule has 0 aromatic rings. The summed E-state index contributed by atoms with van der Waals surface area (Å²) in [6.07, 6.45) is 27.4. The molecule has 2 saturated heterocycles. The fourth-order valence-corrected chi connectivity index (χ4v) is 8.40. The fraction of sp³-hybridized carbons (Fsp3) is 0.852. The molecule has 0 aromatic heterocycles. The molecular formula is C54H96O15. The predicted molar refractivity (Wildman–Crippen MR) is 266 cm³/mol. The maximum Gasteiger partial charge on any atom is 0.306 e. The van der Waals surface area contributed by atoms with Crippen LogP contribution in [0.15, 0.2) is 36.5 Å². The fourth-order valence-electron chi connectivity index (χ4n) is 8.40. The molecule has 0 spiro atoms. The van der Waals surface area contributed by atoms with Crippen molar-refractivity contribution < 1.29 is 73.8 Å². The lowest BCUT2D eigenvalue weighted by Gasteiger charge is -2.42. The molecule has 11 atom stereocenters. The monoisotopic (exact) mass is 985 g/mol. The first kappa shape index (κ1) is 62.8. The maximum atomic E-state index is 13.0. The molecule has 7 N–H and O–H groups in total. The summed E-state index contributed by atoms with van der Waals surface area (Å²) in [7, 11) is 0. The Bertz CT molecular complexity index is 1340. The van der Waals surface area contributed by atoms with E-state index in [1.807, 2.05) is 0 Å². The number of hydrogen-bond acceptors (Lipinski definition) is 15. The zero-order chi connectivity index (χ0) is 50.3. The summed E-state index contributed by atoms with van der Waals surface area (Å²) in [4.78, 5) is 25.8. The van der Waals surface area contributed by atoms with Crippen LogP contribution in [0.3, 0.4) is 0 Å². The van der Waals surface area contributed by atoms with Gasteiger partial charge < -0.3 is 64.2 Å². The van der Waals surface area contributed by atoms with Gasteiger partial charge in [-0.1, -0.05) is 172 Å². The molecule has 4 unspecified atom stereocenters. The second kappa shape index (κ2) is 41.2. The molecule has 0 saturated carbocycles. The van der Waals surface area contributed by atoms with Crippen LogP contribution in [0.2, 0.25) is 0 Å². The number of aliphatic hydroxyl groups is 7. The molecule has 0 radical (unpaired) electrons. The van der Waals surface area contributed by atoms with Crippen LogP contribution in [0.4, 0.5) is 0 Å². The van der Waals surface area contributed by atoms with Crippen molar-refractivity contribution in [2.24, 2.45) is 0 Å². The SMILES string of the molecule is CCCCC/C=C/C/C=C/C/C=C/CCCCC(=O)OC[C@H](CO[C@H]1O[C@@H](CO[C@H]2O[C@@H](CO)[C@@H](O)C(O)C2O)[C@@H](O)C(O)C1O)OC(=O)CCCCCCCCCCCCCCCCCCCC. The maximum absolute atomic E-state index is 13.0. The Kier molecular flexibility index (Phi) is 37.5. The lowest BCUT2D eigenvalue weighted by atomic mass is 9.98. The van der Waals surface area contributed by atoms with Crippen LogP contribution in [0.1, 0.15) is 200 Å². The van der Waals surface area contributed by atoms with E-state index in [1.54, 1.807) is 0 Å². The van der Waals surface area contributed by atoms with Gasteiger partial charge in [0.05, 0.1) is 19.8 Å². The highest BCUT2D eigenvalue weighted by Crippen LogP contribution is 2.26. The van der Waals surface area contributed by atoms with Gasteiger partial charge in [0.1, 0.15) is 55.4 Å². The molecule has 2 aliphatic rings. The molecule has 2 rings (SSSR count). The highest BCUT2D eigenvalue weighted by Gasteiger charge is 2.47. The van der Waals surface area contributed by atoms with Crippen LogP contribution in [0.5, 0.6) is 0 Å². The molecule has 402 valence electrons. The van der Waals surface area contributed by atoms with E-state index in [1.165, 1.54) is 109 Å². The molecule has 2 aliphatic heterocycles. The van der Waals surface area contributed by atoms with Crippen LogP contribution in [-0.2, 0) is 38.0 Å². The highest BCUT2D eigenvalue weighted by atomic mass is 16.7. The summed E-state index contributed by atoms with van der Waals surface area (Å²) >= 11 is 0. The Morgan fingerprint density at radius 1 is 0.464 bits per heavy atom. The van der Waals surface area contributed by atoms with Gasteiger partial charge in [0, 0.05) is 12.8 Å². The van der Waals surface area contributed by atoms with Gasteiger partial charge >= 0.3 is 11.9 Å². The summed E-state index contributed by atoms with van der Waals surface area (Å²) in [6.45, 7) is 2.54. The highest BCUT2D eigenvalue weighted by molar-refractivity contribution is 5.70. The van der Waals surface area contributed by atoms with Crippen molar-refractivity contribution in [3.8, 4) is 0 Å². The molecular weight excluding hydrogens is 889 g/mol. The van der Waals surface area contributed by atoms with E-state index in [0.717, 1.165) is 51.4 Å². The van der Waals surface area contributed by atoms with Gasteiger partial charge in [-0.3, -0.25) is 9.59 Å². The number of ether oxygens (including phenoxy) is 6. The Morgan fingerprint density at radius 2 is 0.870 bits per heavy atom. The zero-order valence-electron chi connectivity index (χ0n) is 42.5. The summed E-state index contributed by atoms with van der Waals surface area (Å²) in [5, 5.41) is 72.1. The summed E-state index contributed by atoms with van der Waals surface area (Å²) in [5.41, 5.74) is 0. The Balaban J connectivity index is 1.80. The molecule has 15 heteroatoms. The second-order valence-corrected chi connectivity index (χ2v) is 19.1. The topological polar surface area (TPSA) is 231 Å². The standard InChI is InChI=1S/C54H96O15/c1-3-5-7-9-11-13-15-17-19-20-21-23-25-27-29-31-33-35-37-46(57)67-42(39-64-45(56)36-34-32-30-28-26-24-22-18-16-14-12-10-8-6-4-2)40-65-53-52(63)50(61)48(59)44(69-53)41-66-54-51(62)49(60)47(58)43(38-55)68-54/h12,14,18,22,26,28,42-44,47-55,58-63H,3-11,13,15-17,19-21,23-25,27,29-41H2,1-2H3/b14-12+,22-18+,28-26+/t42-,43+,44+,47-,48-,49?,50?,51?,52?,53+,54+/m1/s1. The van der Waals surface area contributed by atoms with Gasteiger partial charge in [-0.05, 0) is 51.4 Å². The number of hydrogen-bond donors (Lipinski definition) is 7. The molecule has 15 nitrogen and oxygen atoms in total. The number of unbranched alkanes of at least 4 members (excludes halogenated alkanes) is 22. The minimum absolute atomic E-state index is 0.160. The number of carbonyl (C=O) groups is 2. The van der Waals surface area contributed by atoms with Crippen LogP contribution in [0.25, 0.3) is 0 Å². The molecule has 0 amide bonds. The van der Waals surface area contributed by atoms with Crippen LogP contribution in [0, 0.1) is 0 Å². The summed E-state index contributed by atoms with van der Waals surface area (Å²) in [5.74, 6) is -0.963. The molecule has 2 heterocycles. The molecule has 2 fully saturated rings. The molecule has 0 aromatic carbocycles. The molecule has 69 heavy (non-hydrogen) atoms. The van der Waals surface area contributed by atoms with Crippen molar-refractivity contribution in [1.29, 1.82) is 0 Å². The quantitative estimate of drug-likeness (QED) is 0.0174. The van der Waals surface area contributed by atoms with Crippen molar-refractivity contribution in [2.75, 3.05) is 26.4 Å². The third-order valence-electron chi connectivity index (χ3n) is 12.9. The van der Waals surface area contributed by atoms with E-state index in [9.17, 15) is 45.3 Å². The zero-order valence-corrected chi connectivity index (χ0v) is 42.5. The normalized spacial score (nSPS) is 25.8. The van der Waals surface area contributed by atoms with E-state index in [4.69, 9.17) is 28.4 Å². The largest absolute Gasteiger partial charge is 0.462 e. The first-order valence-electron chi connectivity index (χ1n) is 27.1. The van der Waals surface area contributed by atoms with E-state index < -0.39 is 99.3 Å². The molecule has 0 bridgehead atoms. The van der Waals surface area contributed by atoms with Gasteiger partial charge in [-0.15, -0.1) is 0 Å². The second-order valence-electron chi connectivity index (χ2n) is 19.1. The van der Waals surface area contributed by atoms with Crippen LogP contribution < -0.4 is 0 Å². The Labute approximate surface area is 415 Å². The minimum Gasteiger partial charge on any atom is -0.462 e. The van der Waals surface area contributed by atoms with Gasteiger partial charge in [-0.25, -0.2) is 0 Å². The number of esters is 2. The third-order valence-corrected chi connectivity index (χ3v) is 12.9. The van der Waals surface area contributed by atoms with E-state index >= 15 is 0 Å². The van der Waals surface area contributed by atoms with Crippen LogP contribution in [-0.4, -0.2) is 142 Å². The Morgan fingerprint density at radius 3 is 1.39 bits per heavy atom. The Hall–Kier alpha value is -2.28. The van der Waals surface area contributed by atoms with Gasteiger partial charge in [0.2, 0.25) is 0 Å². The third kappa shape index (κ3) is 29.1. The number of rotatable bonds is 42. The first-order chi connectivity index (χ1) is 33.5. The predicted octanol–water partition coefficient (Wildman–Crippen LogP) is 8.10. The smallest absolute Gasteiger partial charge is 0.306 e. The van der Waals surface area contributed by atoms with E-state index in [-0.39, 0.29) is 19.4 Å². The lowest BCUT2D eigenvalue weighted by Crippen LogP contribution is -2.61. The van der Waals surface area contributed by atoms with Crippen molar-refractivity contribution in [3.63, 3.8) is 0 Å². The number of allylic oxidation sites excluding steroid dienone is 6. The van der Waals surface area contributed by atoms with Gasteiger partial charge in [-0.2, -0.15) is 0 Å². The summed E-state index contributed by atoms with van der Waals surface area (Å²) < 4.78 is 33.6. The average molecular weight is 985 g/mol. The number of aliphatic hydroxyl groups excluding tert-OH is 7. The van der Waals surface area contributed by atoms with Crippen LogP contribution >= 0.6 is 0 Å². The lowest BCUT2D eigenvalue weighted by molar-refractivity contribution is -0.332. The first-order valence-corrected chi connectivity index (χ1v) is 27.1. The van der Waals surface area contributed by atoms with E-state index in [0.29, 0.717) is 12.8 Å². The summed E-state index contributed by atoms with van der Waals surface area (Å²) in [6, 6.07) is 0. The van der Waals surface area contributed by atoms with Crippen molar-refractivity contribution in [2.45, 2.75) is 268 Å². The minimum atomic E-state index is -1.77. The van der Waals surface area contributed by atoms with Crippen molar-refractivity contribution in [1.82, 2.24) is 0 Å². The van der Waals surface area contributed by atoms with Gasteiger partial charge in [0.25, 0.3) is 0 Å².